The van der Waals surface area contributed by atoms with Crippen molar-refractivity contribution >= 4 is 19.6 Å². The molecule has 0 spiro atoms. The molecular formula is C12H19N2P. The van der Waals surface area contributed by atoms with E-state index in [1.54, 1.807) is 0 Å². The summed E-state index contributed by atoms with van der Waals surface area (Å²) in [5.41, 5.74) is 1.38. The lowest BCUT2D eigenvalue weighted by Gasteiger charge is -2.34. The monoisotopic (exact) mass is 222 g/mol. The zero-order chi connectivity index (χ0) is 10.7. The molecule has 15 heavy (non-hydrogen) atoms. The van der Waals surface area contributed by atoms with Gasteiger partial charge in [-0.3, -0.25) is 0 Å². The molecule has 0 aromatic heterocycles. The summed E-state index contributed by atoms with van der Waals surface area (Å²) in [6.07, 6.45) is 0. The summed E-state index contributed by atoms with van der Waals surface area (Å²) >= 11 is 0. The minimum atomic E-state index is 0.905. The van der Waals surface area contributed by atoms with Crippen LogP contribution < -0.4 is 10.2 Å². The molecule has 0 amide bonds. The topological polar surface area (TPSA) is 6.48 Å². The van der Waals surface area contributed by atoms with Gasteiger partial charge in [-0.2, -0.15) is 0 Å². The van der Waals surface area contributed by atoms with Gasteiger partial charge < -0.3 is 9.80 Å². The summed E-state index contributed by atoms with van der Waals surface area (Å²) in [6.45, 7) is 6.90. The van der Waals surface area contributed by atoms with Gasteiger partial charge in [0.15, 0.2) is 0 Å². The predicted molar refractivity (Wildman–Crippen MR) is 70.0 cm³/mol. The molecule has 3 heteroatoms. The van der Waals surface area contributed by atoms with Crippen LogP contribution in [0.4, 0.5) is 5.69 Å². The van der Waals surface area contributed by atoms with Gasteiger partial charge in [-0.25, -0.2) is 0 Å². The molecule has 0 bridgehead atoms. The standard InChI is InChI=1S/C12H19N2P/c1-13-7-9-14(10-8-13)11-3-5-12(15-2)6-4-11/h3-6,15H,7-10H2,1-2H3. The van der Waals surface area contributed by atoms with Crippen molar-refractivity contribution in [2.75, 3.05) is 44.8 Å². The minimum absolute atomic E-state index is 0.905. The van der Waals surface area contributed by atoms with E-state index >= 15 is 0 Å². The molecule has 1 aromatic rings. The van der Waals surface area contributed by atoms with Gasteiger partial charge in [0, 0.05) is 31.9 Å². The molecule has 1 aromatic carbocycles. The predicted octanol–water partition coefficient (Wildman–Crippen LogP) is 1.37. The van der Waals surface area contributed by atoms with E-state index in [9.17, 15) is 0 Å². The van der Waals surface area contributed by atoms with Crippen LogP contribution in [0, 0.1) is 0 Å². The average molecular weight is 222 g/mol. The van der Waals surface area contributed by atoms with Gasteiger partial charge in [0.1, 0.15) is 0 Å². The van der Waals surface area contributed by atoms with Crippen LogP contribution in [0.2, 0.25) is 0 Å². The van der Waals surface area contributed by atoms with Crippen molar-refractivity contribution in [2.24, 2.45) is 0 Å². The molecule has 1 aliphatic heterocycles. The Labute approximate surface area is 94.0 Å². The molecule has 1 aliphatic rings. The fourth-order valence-electron chi connectivity index (χ4n) is 1.90. The smallest absolute Gasteiger partial charge is 0.0367 e. The quantitative estimate of drug-likeness (QED) is 0.697. The van der Waals surface area contributed by atoms with E-state index in [2.05, 4.69) is 47.8 Å². The number of rotatable bonds is 2. The first kappa shape index (κ1) is 10.9. The Kier molecular flexibility index (Phi) is 3.61. The van der Waals surface area contributed by atoms with Crippen molar-refractivity contribution < 1.29 is 0 Å². The Hall–Kier alpha value is -0.590. The van der Waals surface area contributed by atoms with Crippen LogP contribution in [0.1, 0.15) is 0 Å². The maximum Gasteiger partial charge on any atom is 0.0367 e. The molecule has 2 rings (SSSR count). The average Bonchev–Trinajstić information content (AvgIpc) is 2.30. The largest absolute Gasteiger partial charge is 0.369 e. The number of anilines is 1. The van der Waals surface area contributed by atoms with Gasteiger partial charge in [-0.05, 0) is 31.1 Å². The molecule has 0 radical (unpaired) electrons. The Bertz CT molecular complexity index is 302. The summed E-state index contributed by atoms with van der Waals surface area (Å²) in [5.74, 6) is 0. The van der Waals surface area contributed by atoms with Crippen molar-refractivity contribution in [3.63, 3.8) is 0 Å². The van der Waals surface area contributed by atoms with E-state index in [0.717, 1.165) is 21.7 Å². The molecule has 2 nitrogen and oxygen atoms in total. The lowest BCUT2D eigenvalue weighted by atomic mass is 10.2. The molecular weight excluding hydrogens is 203 g/mol. The fourth-order valence-corrected chi connectivity index (χ4v) is 2.40. The number of likely N-dealkylation sites (N-methyl/N-ethyl adjacent to an activating group) is 1. The van der Waals surface area contributed by atoms with E-state index in [0.29, 0.717) is 0 Å². The fraction of sp³-hybridized carbons (Fsp3) is 0.500. The zero-order valence-corrected chi connectivity index (χ0v) is 10.5. The van der Waals surface area contributed by atoms with Gasteiger partial charge >= 0.3 is 0 Å². The lowest BCUT2D eigenvalue weighted by molar-refractivity contribution is 0.313. The Morgan fingerprint density at radius 1 is 1.00 bits per heavy atom. The zero-order valence-electron chi connectivity index (χ0n) is 9.53. The van der Waals surface area contributed by atoms with Crippen molar-refractivity contribution in [1.82, 2.24) is 4.90 Å². The molecule has 0 saturated carbocycles. The highest BCUT2D eigenvalue weighted by molar-refractivity contribution is 7.46. The summed E-state index contributed by atoms with van der Waals surface area (Å²) in [4.78, 5) is 4.86. The maximum atomic E-state index is 2.47. The Morgan fingerprint density at radius 2 is 1.60 bits per heavy atom. The Morgan fingerprint density at radius 3 is 2.13 bits per heavy atom. The van der Waals surface area contributed by atoms with E-state index < -0.39 is 0 Å². The van der Waals surface area contributed by atoms with E-state index in [1.807, 2.05) is 0 Å². The van der Waals surface area contributed by atoms with Gasteiger partial charge in [0.2, 0.25) is 0 Å². The van der Waals surface area contributed by atoms with E-state index in [4.69, 9.17) is 0 Å². The van der Waals surface area contributed by atoms with E-state index in [1.165, 1.54) is 24.1 Å². The first-order valence-electron chi connectivity index (χ1n) is 5.51. The second kappa shape index (κ2) is 4.96. The normalized spacial score (nSPS) is 18.9. The first-order chi connectivity index (χ1) is 7.29. The second-order valence-corrected chi connectivity index (χ2v) is 5.16. The minimum Gasteiger partial charge on any atom is -0.369 e. The van der Waals surface area contributed by atoms with Crippen LogP contribution in [0.5, 0.6) is 0 Å². The number of nitrogens with zero attached hydrogens (tertiary/aromatic N) is 2. The first-order valence-corrected chi connectivity index (χ1v) is 7.01. The third-order valence-electron chi connectivity index (χ3n) is 3.02. The maximum absolute atomic E-state index is 2.47. The van der Waals surface area contributed by atoms with Crippen LogP contribution >= 0.6 is 8.58 Å². The molecule has 82 valence electrons. The van der Waals surface area contributed by atoms with Gasteiger partial charge in [0.05, 0.1) is 0 Å². The van der Waals surface area contributed by atoms with E-state index in [-0.39, 0.29) is 0 Å². The van der Waals surface area contributed by atoms with Crippen LogP contribution in [-0.4, -0.2) is 44.8 Å². The van der Waals surface area contributed by atoms with Gasteiger partial charge in [0.25, 0.3) is 0 Å². The van der Waals surface area contributed by atoms with Gasteiger partial charge in [-0.15, -0.1) is 0 Å². The van der Waals surface area contributed by atoms with Crippen molar-refractivity contribution in [2.45, 2.75) is 0 Å². The van der Waals surface area contributed by atoms with Crippen LogP contribution in [0.25, 0.3) is 0 Å². The number of hydrogen-bond donors (Lipinski definition) is 0. The number of benzene rings is 1. The van der Waals surface area contributed by atoms with Crippen LogP contribution in [-0.2, 0) is 0 Å². The lowest BCUT2D eigenvalue weighted by Crippen LogP contribution is -2.44. The molecule has 0 aliphatic carbocycles. The third kappa shape index (κ3) is 2.70. The summed E-state index contributed by atoms with van der Waals surface area (Å²) < 4.78 is 0. The molecule has 1 atom stereocenters. The molecule has 0 N–H and O–H groups in total. The molecule has 1 heterocycles. The second-order valence-electron chi connectivity index (χ2n) is 4.09. The van der Waals surface area contributed by atoms with Crippen molar-refractivity contribution in [3.05, 3.63) is 24.3 Å². The number of hydrogen-bond acceptors (Lipinski definition) is 2. The Balaban J connectivity index is 2.03. The SMILES string of the molecule is CPc1ccc(N2CCN(C)CC2)cc1. The van der Waals surface area contributed by atoms with Crippen molar-refractivity contribution in [1.29, 1.82) is 0 Å². The summed E-state index contributed by atoms with van der Waals surface area (Å²) in [7, 11) is 3.10. The highest BCUT2D eigenvalue weighted by atomic mass is 31.1. The molecule has 1 saturated heterocycles. The summed E-state index contributed by atoms with van der Waals surface area (Å²) in [5, 5.41) is 1.45. The third-order valence-corrected chi connectivity index (χ3v) is 3.94. The van der Waals surface area contributed by atoms with Crippen LogP contribution in [0.3, 0.4) is 0 Å². The number of piperazine rings is 1. The van der Waals surface area contributed by atoms with Crippen molar-refractivity contribution in [3.8, 4) is 0 Å². The molecule has 1 unspecified atom stereocenters. The van der Waals surface area contributed by atoms with Gasteiger partial charge in [-0.1, -0.05) is 20.7 Å². The highest BCUT2D eigenvalue weighted by Crippen LogP contribution is 2.16. The highest BCUT2D eigenvalue weighted by Gasteiger charge is 2.13. The summed E-state index contributed by atoms with van der Waals surface area (Å²) in [6, 6.07) is 9.03. The van der Waals surface area contributed by atoms with Crippen LogP contribution in [0.15, 0.2) is 24.3 Å². The molecule has 1 fully saturated rings.